The first-order valence-corrected chi connectivity index (χ1v) is 7.60. The first-order valence-electron chi connectivity index (χ1n) is 5.54. The van der Waals surface area contributed by atoms with E-state index >= 15 is 0 Å². The molecule has 2 fully saturated rings. The molecule has 5 heteroatoms. The normalized spacial score (nSPS) is 37.1. The SMILES string of the molecule is CS(=O)(=O)CCN1CC2CCC(O)C2C1. The van der Waals surface area contributed by atoms with Gasteiger partial charge in [0, 0.05) is 31.8 Å². The lowest BCUT2D eigenvalue weighted by molar-refractivity contribution is 0.125. The molecule has 0 radical (unpaired) electrons. The Balaban J connectivity index is 1.84. The zero-order valence-corrected chi connectivity index (χ0v) is 9.91. The van der Waals surface area contributed by atoms with Crippen LogP contribution in [0.2, 0.25) is 0 Å². The van der Waals surface area contributed by atoms with Crippen molar-refractivity contribution in [2.75, 3.05) is 31.6 Å². The van der Waals surface area contributed by atoms with Crippen molar-refractivity contribution in [1.29, 1.82) is 0 Å². The summed E-state index contributed by atoms with van der Waals surface area (Å²) < 4.78 is 22.0. The zero-order chi connectivity index (χ0) is 11.1. The number of sulfone groups is 1. The Morgan fingerprint density at radius 2 is 2.07 bits per heavy atom. The van der Waals surface area contributed by atoms with E-state index in [1.807, 2.05) is 0 Å². The van der Waals surface area contributed by atoms with E-state index < -0.39 is 9.84 Å². The number of nitrogens with zero attached hydrogens (tertiary/aromatic N) is 1. The molecule has 1 aliphatic heterocycles. The van der Waals surface area contributed by atoms with Crippen LogP contribution >= 0.6 is 0 Å². The monoisotopic (exact) mass is 233 g/mol. The molecule has 3 unspecified atom stereocenters. The number of rotatable bonds is 3. The molecule has 0 aromatic carbocycles. The third-order valence-corrected chi connectivity index (χ3v) is 4.60. The van der Waals surface area contributed by atoms with Crippen molar-refractivity contribution in [1.82, 2.24) is 4.90 Å². The minimum absolute atomic E-state index is 0.154. The highest BCUT2D eigenvalue weighted by molar-refractivity contribution is 7.90. The second-order valence-corrected chi connectivity index (χ2v) is 7.22. The van der Waals surface area contributed by atoms with E-state index in [1.165, 1.54) is 6.26 Å². The molecule has 1 saturated heterocycles. The number of aliphatic hydroxyl groups is 1. The summed E-state index contributed by atoms with van der Waals surface area (Å²) in [4.78, 5) is 2.18. The summed E-state index contributed by atoms with van der Waals surface area (Å²) in [6.45, 7) is 2.47. The fraction of sp³-hybridized carbons (Fsp3) is 1.00. The van der Waals surface area contributed by atoms with Crippen LogP contribution in [0.1, 0.15) is 12.8 Å². The van der Waals surface area contributed by atoms with Crippen molar-refractivity contribution in [3.05, 3.63) is 0 Å². The van der Waals surface area contributed by atoms with Crippen LogP contribution in [0.3, 0.4) is 0 Å². The van der Waals surface area contributed by atoms with Crippen LogP contribution in [-0.2, 0) is 9.84 Å². The molecule has 0 aromatic heterocycles. The summed E-state index contributed by atoms with van der Waals surface area (Å²) in [7, 11) is -2.85. The van der Waals surface area contributed by atoms with Gasteiger partial charge in [-0.05, 0) is 18.8 Å². The van der Waals surface area contributed by atoms with Gasteiger partial charge in [-0.2, -0.15) is 0 Å². The number of hydrogen-bond donors (Lipinski definition) is 1. The van der Waals surface area contributed by atoms with E-state index in [0.717, 1.165) is 25.9 Å². The maximum Gasteiger partial charge on any atom is 0.148 e. The fourth-order valence-corrected chi connectivity index (χ4v) is 3.40. The van der Waals surface area contributed by atoms with Gasteiger partial charge in [0.1, 0.15) is 9.84 Å². The smallest absolute Gasteiger partial charge is 0.148 e. The number of aliphatic hydroxyl groups excluding tert-OH is 1. The summed E-state index contributed by atoms with van der Waals surface area (Å²) in [5.41, 5.74) is 0. The fourth-order valence-electron chi connectivity index (χ4n) is 2.81. The maximum absolute atomic E-state index is 11.0. The summed E-state index contributed by atoms with van der Waals surface area (Å²) in [5.74, 6) is 1.23. The Bertz CT molecular complexity index is 328. The van der Waals surface area contributed by atoms with Gasteiger partial charge in [-0.3, -0.25) is 0 Å². The topological polar surface area (TPSA) is 57.6 Å². The molecular weight excluding hydrogens is 214 g/mol. The summed E-state index contributed by atoms with van der Waals surface area (Å²) in [6, 6.07) is 0. The quantitative estimate of drug-likeness (QED) is 0.729. The second kappa shape index (κ2) is 4.03. The van der Waals surface area contributed by atoms with Gasteiger partial charge < -0.3 is 10.0 Å². The Labute approximate surface area is 91.2 Å². The van der Waals surface area contributed by atoms with Crippen LogP contribution in [-0.4, -0.2) is 56.2 Å². The van der Waals surface area contributed by atoms with Crippen molar-refractivity contribution in [2.24, 2.45) is 11.8 Å². The van der Waals surface area contributed by atoms with Gasteiger partial charge in [-0.15, -0.1) is 0 Å². The molecule has 4 nitrogen and oxygen atoms in total. The van der Waals surface area contributed by atoms with E-state index in [4.69, 9.17) is 0 Å². The number of fused-ring (bicyclic) bond motifs is 1. The lowest BCUT2D eigenvalue weighted by Gasteiger charge is -2.17. The van der Waals surface area contributed by atoms with Gasteiger partial charge in [0.2, 0.25) is 0 Å². The van der Waals surface area contributed by atoms with Crippen LogP contribution in [0.25, 0.3) is 0 Å². The summed E-state index contributed by atoms with van der Waals surface area (Å²) >= 11 is 0. The van der Waals surface area contributed by atoms with Gasteiger partial charge in [-0.25, -0.2) is 8.42 Å². The summed E-state index contributed by atoms with van der Waals surface area (Å²) in [5, 5.41) is 9.70. The lowest BCUT2D eigenvalue weighted by atomic mass is 10.00. The van der Waals surface area contributed by atoms with Gasteiger partial charge in [0.25, 0.3) is 0 Å². The third-order valence-electron chi connectivity index (χ3n) is 3.67. The highest BCUT2D eigenvalue weighted by Crippen LogP contribution is 2.37. The minimum atomic E-state index is -2.85. The molecule has 15 heavy (non-hydrogen) atoms. The number of hydrogen-bond acceptors (Lipinski definition) is 4. The van der Waals surface area contributed by atoms with Crippen LogP contribution in [0, 0.1) is 11.8 Å². The molecular formula is C10H19NO3S. The van der Waals surface area contributed by atoms with Crippen LogP contribution < -0.4 is 0 Å². The van der Waals surface area contributed by atoms with E-state index in [0.29, 0.717) is 18.4 Å². The highest BCUT2D eigenvalue weighted by Gasteiger charge is 2.41. The van der Waals surface area contributed by atoms with Crippen molar-refractivity contribution in [3.8, 4) is 0 Å². The van der Waals surface area contributed by atoms with Gasteiger partial charge in [0.15, 0.2) is 0 Å². The molecule has 1 aliphatic carbocycles. The molecule has 0 spiro atoms. The van der Waals surface area contributed by atoms with Crippen molar-refractivity contribution < 1.29 is 13.5 Å². The molecule has 3 atom stereocenters. The zero-order valence-electron chi connectivity index (χ0n) is 9.09. The summed E-state index contributed by atoms with van der Waals surface area (Å²) in [6.07, 6.45) is 3.15. The Morgan fingerprint density at radius 1 is 1.33 bits per heavy atom. The van der Waals surface area contributed by atoms with Crippen LogP contribution in [0.4, 0.5) is 0 Å². The molecule has 88 valence electrons. The van der Waals surface area contributed by atoms with Crippen LogP contribution in [0.5, 0.6) is 0 Å². The first-order chi connectivity index (χ1) is 6.96. The largest absolute Gasteiger partial charge is 0.393 e. The number of likely N-dealkylation sites (tertiary alicyclic amines) is 1. The Kier molecular flexibility index (Phi) is 3.05. The third kappa shape index (κ3) is 2.71. The Morgan fingerprint density at radius 3 is 2.67 bits per heavy atom. The van der Waals surface area contributed by atoms with E-state index in [9.17, 15) is 13.5 Å². The van der Waals surface area contributed by atoms with E-state index in [2.05, 4.69) is 4.90 Å². The molecule has 0 aromatic rings. The van der Waals surface area contributed by atoms with Gasteiger partial charge in [-0.1, -0.05) is 0 Å². The first kappa shape index (κ1) is 11.4. The second-order valence-electron chi connectivity index (χ2n) is 4.96. The Hall–Kier alpha value is -0.130. The van der Waals surface area contributed by atoms with Crippen molar-refractivity contribution in [2.45, 2.75) is 18.9 Å². The average Bonchev–Trinajstić information content (AvgIpc) is 2.64. The van der Waals surface area contributed by atoms with Crippen molar-refractivity contribution >= 4 is 9.84 Å². The highest BCUT2D eigenvalue weighted by atomic mass is 32.2. The minimum Gasteiger partial charge on any atom is -0.393 e. The van der Waals surface area contributed by atoms with E-state index in [1.54, 1.807) is 0 Å². The predicted octanol–water partition coefficient (Wildman–Crippen LogP) is -0.266. The standard InChI is InChI=1S/C10H19NO3S/c1-15(13,14)5-4-11-6-8-2-3-10(12)9(8)7-11/h8-10,12H,2-7H2,1H3. The van der Waals surface area contributed by atoms with E-state index in [-0.39, 0.29) is 11.9 Å². The van der Waals surface area contributed by atoms with Crippen LogP contribution in [0.15, 0.2) is 0 Å². The predicted molar refractivity (Wildman–Crippen MR) is 58.4 cm³/mol. The average molecular weight is 233 g/mol. The molecule has 1 saturated carbocycles. The van der Waals surface area contributed by atoms with Gasteiger partial charge in [0.05, 0.1) is 11.9 Å². The van der Waals surface area contributed by atoms with Crippen molar-refractivity contribution in [3.63, 3.8) is 0 Å². The van der Waals surface area contributed by atoms with Gasteiger partial charge >= 0.3 is 0 Å². The molecule has 0 bridgehead atoms. The lowest BCUT2D eigenvalue weighted by Crippen LogP contribution is -2.29. The molecule has 1 N–H and O–H groups in total. The molecule has 2 rings (SSSR count). The molecule has 1 heterocycles. The molecule has 2 aliphatic rings. The maximum atomic E-state index is 11.0. The molecule has 0 amide bonds.